The third-order valence-corrected chi connectivity index (χ3v) is 4.57. The van der Waals surface area contributed by atoms with Gasteiger partial charge in [0.1, 0.15) is 0 Å². The molecule has 6 heteroatoms. The summed E-state index contributed by atoms with van der Waals surface area (Å²) in [4.78, 5) is 17.7. The Balaban J connectivity index is 1.64. The van der Waals surface area contributed by atoms with Gasteiger partial charge in [0.15, 0.2) is 0 Å². The van der Waals surface area contributed by atoms with Crippen LogP contribution in [0.1, 0.15) is 23.6 Å². The van der Waals surface area contributed by atoms with E-state index < -0.39 is 6.16 Å². The number of carbonyl (C=O) groups is 1. The molecule has 1 aromatic carbocycles. The summed E-state index contributed by atoms with van der Waals surface area (Å²) >= 11 is 3.52. The van der Waals surface area contributed by atoms with E-state index in [1.807, 2.05) is 0 Å². The fourth-order valence-electron chi connectivity index (χ4n) is 3.16. The first kappa shape index (κ1) is 13.9. The van der Waals surface area contributed by atoms with Gasteiger partial charge in [-0.2, -0.15) is 0 Å². The number of benzene rings is 1. The first-order chi connectivity index (χ1) is 9.63. The third-order valence-electron chi connectivity index (χ3n) is 4.07. The number of aryl methyl sites for hydroxylation is 1. The highest BCUT2D eigenvalue weighted by Gasteiger charge is 2.31. The van der Waals surface area contributed by atoms with Crippen molar-refractivity contribution >= 4 is 22.1 Å². The van der Waals surface area contributed by atoms with Gasteiger partial charge < -0.3 is 9.94 Å². The Bertz CT molecular complexity index is 515. The zero-order valence-corrected chi connectivity index (χ0v) is 12.7. The minimum absolute atomic E-state index is 0.463. The predicted octanol–water partition coefficient (Wildman–Crippen LogP) is 2.66. The van der Waals surface area contributed by atoms with Gasteiger partial charge in [0.25, 0.3) is 0 Å². The summed E-state index contributed by atoms with van der Waals surface area (Å²) in [6.45, 7) is 2.95. The molecule has 0 amide bonds. The van der Waals surface area contributed by atoms with Crippen LogP contribution in [0.3, 0.4) is 0 Å². The number of nitrogens with zero attached hydrogens (tertiary/aromatic N) is 2. The molecule has 0 spiro atoms. The molecular formula is C14H17BrN2O3. The molecule has 1 aromatic rings. The number of carboxylic acid groups (broad SMARTS) is 1. The molecule has 0 radical (unpaired) electrons. The maximum atomic E-state index is 10.5. The standard InChI is InChI=1S/C14H17BrN2O3/c15-11-2-3-12-10(9-11)1-4-13(12)16-5-7-17(8-6-16)20-14(18)19/h2-3,9,13H,1,4-8H2,(H,18,19). The van der Waals surface area contributed by atoms with E-state index in [0.29, 0.717) is 19.1 Å². The summed E-state index contributed by atoms with van der Waals surface area (Å²) in [6.07, 6.45) is 1.03. The molecule has 2 aliphatic rings. The lowest BCUT2D eigenvalue weighted by atomic mass is 10.1. The van der Waals surface area contributed by atoms with Crippen molar-refractivity contribution in [2.24, 2.45) is 0 Å². The van der Waals surface area contributed by atoms with Crippen molar-refractivity contribution < 1.29 is 14.7 Å². The average Bonchev–Trinajstić information content (AvgIpc) is 2.82. The molecule has 1 N–H and O–H groups in total. The van der Waals surface area contributed by atoms with E-state index >= 15 is 0 Å². The molecule has 1 atom stereocenters. The zero-order chi connectivity index (χ0) is 14.1. The number of halogens is 1. The van der Waals surface area contributed by atoms with Crippen molar-refractivity contribution in [3.63, 3.8) is 0 Å². The van der Waals surface area contributed by atoms with Crippen LogP contribution in [0.2, 0.25) is 0 Å². The number of rotatable bonds is 2. The van der Waals surface area contributed by atoms with Gasteiger partial charge in [-0.05, 0) is 36.1 Å². The van der Waals surface area contributed by atoms with E-state index in [-0.39, 0.29) is 0 Å². The van der Waals surface area contributed by atoms with Gasteiger partial charge in [-0.25, -0.2) is 4.79 Å². The fraction of sp³-hybridized carbons (Fsp3) is 0.500. The molecule has 20 heavy (non-hydrogen) atoms. The molecule has 0 bridgehead atoms. The minimum Gasteiger partial charge on any atom is -0.448 e. The lowest BCUT2D eigenvalue weighted by Gasteiger charge is -2.36. The van der Waals surface area contributed by atoms with Gasteiger partial charge in [-0.1, -0.05) is 22.0 Å². The normalized spacial score (nSPS) is 23.6. The highest BCUT2D eigenvalue weighted by molar-refractivity contribution is 9.10. The summed E-state index contributed by atoms with van der Waals surface area (Å²) in [5, 5.41) is 10.1. The van der Waals surface area contributed by atoms with E-state index in [0.717, 1.165) is 30.4 Å². The van der Waals surface area contributed by atoms with Crippen LogP contribution in [0.25, 0.3) is 0 Å². The Morgan fingerprint density at radius 3 is 2.75 bits per heavy atom. The van der Waals surface area contributed by atoms with Gasteiger partial charge in [0, 0.05) is 36.7 Å². The summed E-state index contributed by atoms with van der Waals surface area (Å²) in [6, 6.07) is 6.97. The van der Waals surface area contributed by atoms with Crippen LogP contribution in [-0.2, 0) is 11.3 Å². The van der Waals surface area contributed by atoms with Crippen molar-refractivity contribution in [3.05, 3.63) is 33.8 Å². The number of fused-ring (bicyclic) bond motifs is 1. The van der Waals surface area contributed by atoms with Crippen LogP contribution < -0.4 is 0 Å². The Labute approximate surface area is 126 Å². The molecule has 1 heterocycles. The van der Waals surface area contributed by atoms with Gasteiger partial charge in [0.05, 0.1) is 0 Å². The second-order valence-electron chi connectivity index (χ2n) is 5.22. The molecule has 1 aliphatic heterocycles. The fourth-order valence-corrected chi connectivity index (χ4v) is 3.57. The second-order valence-corrected chi connectivity index (χ2v) is 6.14. The monoisotopic (exact) mass is 340 g/mol. The second kappa shape index (κ2) is 5.71. The number of hydrogen-bond acceptors (Lipinski definition) is 4. The van der Waals surface area contributed by atoms with E-state index in [9.17, 15) is 4.79 Å². The molecule has 0 aromatic heterocycles. The molecule has 108 valence electrons. The van der Waals surface area contributed by atoms with Crippen molar-refractivity contribution in [2.75, 3.05) is 26.2 Å². The molecule has 1 aliphatic carbocycles. The lowest BCUT2D eigenvalue weighted by Crippen LogP contribution is -2.47. The van der Waals surface area contributed by atoms with Crippen LogP contribution >= 0.6 is 15.9 Å². The van der Waals surface area contributed by atoms with Crippen molar-refractivity contribution in [3.8, 4) is 0 Å². The predicted molar refractivity (Wildman–Crippen MR) is 77.5 cm³/mol. The van der Waals surface area contributed by atoms with E-state index in [1.54, 1.807) is 0 Å². The highest BCUT2D eigenvalue weighted by atomic mass is 79.9. The van der Waals surface area contributed by atoms with E-state index in [1.165, 1.54) is 16.2 Å². The summed E-state index contributed by atoms with van der Waals surface area (Å²) < 4.78 is 1.14. The van der Waals surface area contributed by atoms with Gasteiger partial charge in [-0.15, -0.1) is 5.06 Å². The van der Waals surface area contributed by atoms with Crippen LogP contribution in [-0.4, -0.2) is 47.4 Å². The summed E-state index contributed by atoms with van der Waals surface area (Å²) in [7, 11) is 0. The maximum absolute atomic E-state index is 10.5. The Morgan fingerprint density at radius 1 is 1.30 bits per heavy atom. The number of piperazine rings is 1. The molecular weight excluding hydrogens is 324 g/mol. The maximum Gasteiger partial charge on any atom is 0.525 e. The lowest BCUT2D eigenvalue weighted by molar-refractivity contribution is -0.142. The molecule has 5 nitrogen and oxygen atoms in total. The van der Waals surface area contributed by atoms with E-state index in [4.69, 9.17) is 9.94 Å². The summed E-state index contributed by atoms with van der Waals surface area (Å²) in [5.74, 6) is 0. The van der Waals surface area contributed by atoms with Crippen molar-refractivity contribution in [2.45, 2.75) is 18.9 Å². The van der Waals surface area contributed by atoms with Crippen LogP contribution in [0.15, 0.2) is 22.7 Å². The molecule has 1 fully saturated rings. The average molecular weight is 341 g/mol. The van der Waals surface area contributed by atoms with E-state index in [2.05, 4.69) is 39.0 Å². The quantitative estimate of drug-likeness (QED) is 0.896. The van der Waals surface area contributed by atoms with Gasteiger partial charge in [-0.3, -0.25) is 4.90 Å². The Hall–Kier alpha value is -1.11. The SMILES string of the molecule is O=C(O)ON1CCN(C2CCc3cc(Br)ccc32)CC1. The number of hydrogen-bond donors (Lipinski definition) is 1. The van der Waals surface area contributed by atoms with Gasteiger partial charge >= 0.3 is 6.16 Å². The third kappa shape index (κ3) is 2.82. The molecule has 1 saturated heterocycles. The largest absolute Gasteiger partial charge is 0.525 e. The molecule has 1 unspecified atom stereocenters. The molecule has 3 rings (SSSR count). The zero-order valence-electron chi connectivity index (χ0n) is 11.1. The van der Waals surface area contributed by atoms with Crippen LogP contribution in [0, 0.1) is 0 Å². The smallest absolute Gasteiger partial charge is 0.448 e. The van der Waals surface area contributed by atoms with Crippen LogP contribution in [0.4, 0.5) is 4.79 Å². The Morgan fingerprint density at radius 2 is 2.05 bits per heavy atom. The van der Waals surface area contributed by atoms with Crippen molar-refractivity contribution in [1.29, 1.82) is 0 Å². The topological polar surface area (TPSA) is 53.0 Å². The molecule has 0 saturated carbocycles. The first-order valence-corrected chi connectivity index (χ1v) is 7.61. The summed E-state index contributed by atoms with van der Waals surface area (Å²) in [5.41, 5.74) is 2.84. The first-order valence-electron chi connectivity index (χ1n) is 6.82. The minimum atomic E-state index is -1.23. The highest BCUT2D eigenvalue weighted by Crippen LogP contribution is 2.37. The van der Waals surface area contributed by atoms with Gasteiger partial charge in [0.2, 0.25) is 0 Å². The van der Waals surface area contributed by atoms with Crippen LogP contribution in [0.5, 0.6) is 0 Å². The van der Waals surface area contributed by atoms with Crippen molar-refractivity contribution in [1.82, 2.24) is 9.96 Å². The number of hydroxylamine groups is 2. The Kier molecular flexibility index (Phi) is 3.96.